The molecule has 0 heterocycles. The number of benzene rings is 12. The Labute approximate surface area is 781 Å². The molecule has 2 aliphatic carbocycles. The van der Waals surface area contributed by atoms with Crippen LogP contribution in [0.25, 0.3) is 66.8 Å². The van der Waals surface area contributed by atoms with Crippen molar-refractivity contribution in [1.82, 2.24) is 0 Å². The van der Waals surface area contributed by atoms with Crippen LogP contribution in [0.2, 0.25) is 0 Å². The number of rotatable bonds is 49. The van der Waals surface area contributed by atoms with E-state index in [1.165, 1.54) is 283 Å². The summed E-state index contributed by atoms with van der Waals surface area (Å²) in [6.07, 6.45) is 48.0. The summed E-state index contributed by atoms with van der Waals surface area (Å²) >= 11 is 0. The van der Waals surface area contributed by atoms with E-state index in [1.54, 1.807) is 0 Å². The molecule has 3 unspecified atom stereocenters. The molecule has 0 radical (unpaired) electrons. The maximum absolute atomic E-state index is 9.23. The number of aliphatic hydroxyl groups is 1. The van der Waals surface area contributed by atoms with Gasteiger partial charge in [0.25, 0.3) is 0 Å². The summed E-state index contributed by atoms with van der Waals surface area (Å²) in [5.74, 6) is 7.25. The maximum Gasteiger partial charge on any atom is 0.119 e. The summed E-state index contributed by atoms with van der Waals surface area (Å²) in [5, 5.41) is 9.23. The average molecular weight is 1720 g/mol. The zero-order chi connectivity index (χ0) is 88.5. The summed E-state index contributed by atoms with van der Waals surface area (Å²) in [5.41, 5.74) is 28.4. The first-order valence-corrected chi connectivity index (χ1v) is 50.5. The number of aryl methyl sites for hydroxylation is 4. The zero-order valence-corrected chi connectivity index (χ0v) is 78.9. The van der Waals surface area contributed by atoms with Crippen molar-refractivity contribution in [2.45, 2.75) is 291 Å². The van der Waals surface area contributed by atoms with Gasteiger partial charge >= 0.3 is 0 Å². The molecule has 0 spiro atoms. The molecule has 2 saturated carbocycles. The molecule has 14 rings (SSSR count). The number of allylic oxidation sites excluding steroid dienone is 1. The second-order valence-corrected chi connectivity index (χ2v) is 38.6. The predicted octanol–water partition coefficient (Wildman–Crippen LogP) is 36.1. The van der Waals surface area contributed by atoms with Gasteiger partial charge in [0.1, 0.15) is 11.5 Å². The van der Waals surface area contributed by atoms with Gasteiger partial charge < -0.3 is 14.6 Å². The third kappa shape index (κ3) is 32.2. The van der Waals surface area contributed by atoms with Gasteiger partial charge in [-0.05, 0) is 295 Å². The van der Waals surface area contributed by atoms with Crippen molar-refractivity contribution in [1.29, 1.82) is 0 Å². The monoisotopic (exact) mass is 1720 g/mol. The molecular weight excluding hydrogens is 1560 g/mol. The van der Waals surface area contributed by atoms with Gasteiger partial charge in [-0.3, -0.25) is 0 Å². The molecule has 0 amide bonds. The van der Waals surface area contributed by atoms with Gasteiger partial charge in [0.2, 0.25) is 0 Å². The summed E-state index contributed by atoms with van der Waals surface area (Å²) < 4.78 is 12.9. The minimum atomic E-state index is 0. The molecule has 3 nitrogen and oxygen atoms in total. The molecule has 1 N–H and O–H groups in total. The highest BCUT2D eigenvalue weighted by Gasteiger charge is 2.30. The molecule has 12 aromatic rings. The van der Waals surface area contributed by atoms with Crippen LogP contribution in [0.5, 0.6) is 11.5 Å². The second-order valence-electron chi connectivity index (χ2n) is 38.6. The molecule has 2 fully saturated rings. The van der Waals surface area contributed by atoms with Crippen molar-refractivity contribution in [3.63, 3.8) is 0 Å². The van der Waals surface area contributed by atoms with Gasteiger partial charge in [-0.2, -0.15) is 0 Å². The Morgan fingerprint density at radius 2 is 0.581 bits per heavy atom. The molecule has 0 saturated heterocycles. The van der Waals surface area contributed by atoms with Crippen LogP contribution in [0.15, 0.2) is 304 Å². The smallest absolute Gasteiger partial charge is 0.119 e. The third-order valence-electron chi connectivity index (χ3n) is 28.6. The van der Waals surface area contributed by atoms with Crippen molar-refractivity contribution in [2.24, 2.45) is 23.7 Å². The van der Waals surface area contributed by atoms with Gasteiger partial charge in [0.15, 0.2) is 0 Å². The van der Waals surface area contributed by atoms with E-state index in [-0.39, 0.29) is 7.43 Å². The highest BCUT2D eigenvalue weighted by Crippen LogP contribution is 2.43. The fourth-order valence-corrected chi connectivity index (χ4v) is 20.2. The van der Waals surface area contributed by atoms with E-state index in [0.29, 0.717) is 31.0 Å². The first-order valence-electron chi connectivity index (χ1n) is 50.5. The first-order chi connectivity index (χ1) is 62.9. The Hall–Kier alpha value is -10.1. The van der Waals surface area contributed by atoms with E-state index in [0.717, 1.165) is 112 Å². The predicted molar refractivity (Wildman–Crippen MR) is 557 cm³/mol. The van der Waals surface area contributed by atoms with E-state index >= 15 is 0 Å². The Balaban J connectivity index is 0.000000747. The van der Waals surface area contributed by atoms with Crippen LogP contribution in [0.1, 0.15) is 300 Å². The van der Waals surface area contributed by atoms with Crippen molar-refractivity contribution in [2.75, 3.05) is 19.8 Å². The molecule has 0 aliphatic heterocycles. The highest BCUT2D eigenvalue weighted by atomic mass is 16.5. The molecule has 678 valence electrons. The normalized spacial score (nSPS) is 15.6. The number of hydrogen-bond donors (Lipinski definition) is 1. The quantitative estimate of drug-likeness (QED) is 0.0305. The molecule has 0 aromatic heterocycles. The van der Waals surface area contributed by atoms with Gasteiger partial charge in [-0.1, -0.05) is 439 Å². The molecule has 3 heteroatoms. The Morgan fingerprint density at radius 1 is 0.302 bits per heavy atom. The first kappa shape index (κ1) is 98.0. The van der Waals surface area contributed by atoms with Gasteiger partial charge in [0, 0.05) is 6.61 Å². The Kier molecular flexibility index (Phi) is 41.0. The minimum absolute atomic E-state index is 0. The van der Waals surface area contributed by atoms with E-state index in [2.05, 4.69) is 338 Å². The standard InChI is InChI=1S/C108H122O3.C17H30.CH4/c1-5-6-7-8-9-13-16-19-22-77-110-107-71-37-88(38-72-107)80-105(102-67-61-99(62-68-102)95-53-47-92(48-54-95)89-41-29-83(3)30-42-89)26-23-24-85-35-45-91(46-36-85)94-51-57-97(58-52-94)98-59-65-101(66-60-98)104(25-20-17-14-11-10-12-15-18-21-76-109)79-87-39-73-108(74-40-87)111-78-75-106(81-86-33-27-82(2)28-34-86)103-69-63-100(64-70-103)96-55-49-93(50-56-96)90-43-31-84(4)32-44-90;1-3-4-5-15-8-12-17(13-9-15)16-10-6-14(2)7-11-16;/h27-74,104-106,109H,5-26,75-81H2,1-4H3;3,14-17H,1,4-13H2,2H3;1H4. The Morgan fingerprint density at radius 3 is 0.946 bits per heavy atom. The van der Waals surface area contributed by atoms with Crippen LogP contribution in [0, 0.1) is 44.4 Å². The van der Waals surface area contributed by atoms with E-state index in [4.69, 9.17) is 9.47 Å². The van der Waals surface area contributed by atoms with Crippen LogP contribution in [-0.4, -0.2) is 24.9 Å². The molecule has 2 aliphatic rings. The zero-order valence-electron chi connectivity index (χ0n) is 78.9. The molecule has 12 aromatic carbocycles. The summed E-state index contributed by atoms with van der Waals surface area (Å²) in [6.45, 7) is 16.8. The lowest BCUT2D eigenvalue weighted by Gasteiger charge is -2.37. The SMILES string of the molecule is C.C=CCCC1CCC(C2CCC(C)CC2)CC1.CCCCCCCCCCCOc1ccc(CC(CCCc2ccc(-c3ccc(-c4ccc(C(CCCCCCCCCCCO)Cc5ccc(OCCC(Cc6ccc(C)cc6)c6ccc(-c7ccc(-c8ccc(C)cc8)cc7)cc6)cc5)cc4)cc3)cc2)c2ccc(-c3ccc(-c4ccc(C)cc4)cc3)cc2)cc1. The number of unbranched alkanes of at least 4 members (excludes halogenated alkanes) is 16. The highest BCUT2D eigenvalue weighted by molar-refractivity contribution is 5.74. The summed E-state index contributed by atoms with van der Waals surface area (Å²) in [6, 6.07) is 109. The van der Waals surface area contributed by atoms with Gasteiger partial charge in [-0.15, -0.1) is 6.58 Å². The number of aliphatic hydroxyl groups excluding tert-OH is 1. The maximum atomic E-state index is 9.23. The number of ether oxygens (including phenoxy) is 2. The molecule has 0 bridgehead atoms. The fourth-order valence-electron chi connectivity index (χ4n) is 20.2. The lowest BCUT2D eigenvalue weighted by Crippen LogP contribution is -2.25. The van der Waals surface area contributed by atoms with Crippen LogP contribution in [0.4, 0.5) is 0 Å². The lowest BCUT2D eigenvalue weighted by atomic mass is 9.69. The van der Waals surface area contributed by atoms with Crippen molar-refractivity contribution in [3.8, 4) is 78.3 Å². The van der Waals surface area contributed by atoms with E-state index in [9.17, 15) is 5.11 Å². The molecular formula is C126H156O3. The number of hydrogen-bond acceptors (Lipinski definition) is 3. The van der Waals surface area contributed by atoms with Crippen LogP contribution >= 0.6 is 0 Å². The molecule has 3 atom stereocenters. The second kappa shape index (κ2) is 53.9. The van der Waals surface area contributed by atoms with Crippen molar-refractivity contribution < 1.29 is 14.6 Å². The van der Waals surface area contributed by atoms with Crippen LogP contribution in [-0.2, 0) is 25.7 Å². The topological polar surface area (TPSA) is 38.7 Å². The van der Waals surface area contributed by atoms with E-state index < -0.39 is 0 Å². The van der Waals surface area contributed by atoms with Crippen LogP contribution < -0.4 is 9.47 Å². The van der Waals surface area contributed by atoms with Crippen LogP contribution in [0.3, 0.4) is 0 Å². The van der Waals surface area contributed by atoms with Gasteiger partial charge in [0.05, 0.1) is 13.2 Å². The lowest BCUT2D eigenvalue weighted by molar-refractivity contribution is 0.148. The minimum Gasteiger partial charge on any atom is -0.494 e. The average Bonchev–Trinajstić information content (AvgIpc) is 0.829. The Bertz CT molecular complexity index is 5050. The van der Waals surface area contributed by atoms with Crippen molar-refractivity contribution in [3.05, 3.63) is 359 Å². The fraction of sp³-hybridized carbons (Fsp3) is 0.413. The van der Waals surface area contributed by atoms with Crippen molar-refractivity contribution >= 4 is 0 Å². The van der Waals surface area contributed by atoms with E-state index in [1.807, 2.05) is 0 Å². The van der Waals surface area contributed by atoms with Gasteiger partial charge in [-0.25, -0.2) is 0 Å². The largest absolute Gasteiger partial charge is 0.494 e. The third-order valence-corrected chi connectivity index (χ3v) is 28.6. The summed E-state index contributed by atoms with van der Waals surface area (Å²) in [7, 11) is 0. The summed E-state index contributed by atoms with van der Waals surface area (Å²) in [4.78, 5) is 0. The molecule has 129 heavy (non-hydrogen) atoms.